The SMILES string of the molecule is CC(C)(C)c1cc(-c2ccccc2)cc(-c2cc(Cl)ccc2O)n1. The predicted molar refractivity (Wildman–Crippen MR) is 100 cm³/mol. The molecular formula is C21H20ClNO. The number of aromatic hydroxyl groups is 1. The second-order valence-corrected chi connectivity index (χ2v) is 7.34. The molecule has 0 fully saturated rings. The Balaban J connectivity index is 2.25. The van der Waals surface area contributed by atoms with Gasteiger partial charge in [-0.1, -0.05) is 62.7 Å². The number of nitrogens with zero attached hydrogens (tertiary/aromatic N) is 1. The van der Waals surface area contributed by atoms with Crippen LogP contribution in [-0.4, -0.2) is 10.1 Å². The Hall–Kier alpha value is -2.32. The molecule has 2 nitrogen and oxygen atoms in total. The predicted octanol–water partition coefficient (Wildman–Crippen LogP) is 6.07. The van der Waals surface area contributed by atoms with E-state index in [0.717, 1.165) is 22.5 Å². The Morgan fingerprint density at radius 2 is 1.58 bits per heavy atom. The van der Waals surface area contributed by atoms with Crippen molar-refractivity contribution in [3.63, 3.8) is 0 Å². The molecule has 3 heteroatoms. The lowest BCUT2D eigenvalue weighted by Crippen LogP contribution is -2.14. The van der Waals surface area contributed by atoms with Crippen LogP contribution in [0, 0.1) is 0 Å². The average molecular weight is 338 g/mol. The molecule has 0 radical (unpaired) electrons. The van der Waals surface area contributed by atoms with Gasteiger partial charge in [-0.15, -0.1) is 0 Å². The molecule has 3 rings (SSSR count). The lowest BCUT2D eigenvalue weighted by molar-refractivity contribution is 0.477. The maximum Gasteiger partial charge on any atom is 0.125 e. The molecule has 0 aliphatic carbocycles. The van der Waals surface area contributed by atoms with Crippen LogP contribution in [0.3, 0.4) is 0 Å². The summed E-state index contributed by atoms with van der Waals surface area (Å²) in [5, 5.41) is 10.8. The van der Waals surface area contributed by atoms with E-state index in [1.807, 2.05) is 24.3 Å². The summed E-state index contributed by atoms with van der Waals surface area (Å²) in [4.78, 5) is 4.78. The summed E-state index contributed by atoms with van der Waals surface area (Å²) in [5.41, 5.74) is 4.43. The van der Waals surface area contributed by atoms with E-state index >= 15 is 0 Å². The summed E-state index contributed by atoms with van der Waals surface area (Å²) in [5.74, 6) is 0.178. The molecule has 0 aliphatic rings. The van der Waals surface area contributed by atoms with Crippen LogP contribution in [0.1, 0.15) is 26.5 Å². The van der Waals surface area contributed by atoms with Crippen LogP contribution in [-0.2, 0) is 5.41 Å². The first-order valence-electron chi connectivity index (χ1n) is 7.91. The molecule has 1 aromatic heterocycles. The Morgan fingerprint density at radius 1 is 0.875 bits per heavy atom. The molecule has 0 unspecified atom stereocenters. The topological polar surface area (TPSA) is 33.1 Å². The first kappa shape index (κ1) is 16.5. The fraction of sp³-hybridized carbons (Fsp3) is 0.190. The van der Waals surface area contributed by atoms with E-state index in [9.17, 15) is 5.11 Å². The van der Waals surface area contributed by atoms with E-state index in [4.69, 9.17) is 16.6 Å². The molecule has 1 N–H and O–H groups in total. The van der Waals surface area contributed by atoms with Gasteiger partial charge in [-0.25, -0.2) is 0 Å². The minimum absolute atomic E-state index is 0.103. The van der Waals surface area contributed by atoms with E-state index in [1.54, 1.807) is 18.2 Å². The number of hydrogen-bond donors (Lipinski definition) is 1. The number of phenolic OH excluding ortho intramolecular Hbond substituents is 1. The molecule has 0 bridgehead atoms. The van der Waals surface area contributed by atoms with Crippen LogP contribution in [0.15, 0.2) is 60.7 Å². The van der Waals surface area contributed by atoms with Crippen LogP contribution in [0.2, 0.25) is 5.02 Å². The van der Waals surface area contributed by atoms with Gasteiger partial charge in [0.1, 0.15) is 5.75 Å². The van der Waals surface area contributed by atoms with Gasteiger partial charge in [-0.3, -0.25) is 4.98 Å². The molecule has 3 aromatic rings. The second-order valence-electron chi connectivity index (χ2n) is 6.90. The van der Waals surface area contributed by atoms with Gasteiger partial charge in [0.15, 0.2) is 0 Å². The minimum atomic E-state index is -0.103. The Labute approximate surface area is 147 Å². The van der Waals surface area contributed by atoms with Crippen molar-refractivity contribution in [2.75, 3.05) is 0 Å². The lowest BCUT2D eigenvalue weighted by atomic mass is 9.89. The van der Waals surface area contributed by atoms with Crippen LogP contribution in [0.25, 0.3) is 22.4 Å². The number of hydrogen-bond acceptors (Lipinski definition) is 2. The van der Waals surface area contributed by atoms with Crippen molar-refractivity contribution in [3.8, 4) is 28.1 Å². The molecule has 0 amide bonds. The molecular weight excluding hydrogens is 318 g/mol. The van der Waals surface area contributed by atoms with E-state index in [2.05, 4.69) is 39.0 Å². The quantitative estimate of drug-likeness (QED) is 0.615. The van der Waals surface area contributed by atoms with Crippen molar-refractivity contribution < 1.29 is 5.11 Å². The molecule has 0 spiro atoms. The first-order valence-corrected chi connectivity index (χ1v) is 8.29. The van der Waals surface area contributed by atoms with Crippen molar-refractivity contribution in [3.05, 3.63) is 71.4 Å². The maximum atomic E-state index is 10.2. The summed E-state index contributed by atoms with van der Waals surface area (Å²) < 4.78 is 0. The van der Waals surface area contributed by atoms with E-state index in [0.29, 0.717) is 10.6 Å². The van der Waals surface area contributed by atoms with Gasteiger partial charge >= 0.3 is 0 Å². The standard InChI is InChI=1S/C21H20ClNO/c1-21(2,3)20-12-15(14-7-5-4-6-8-14)11-18(23-20)17-13-16(22)9-10-19(17)24/h4-13,24H,1-3H3. The van der Waals surface area contributed by atoms with Gasteiger partial charge in [-0.2, -0.15) is 0 Å². The first-order chi connectivity index (χ1) is 11.3. The third-order valence-corrected chi connectivity index (χ3v) is 4.17. The van der Waals surface area contributed by atoms with Crippen molar-refractivity contribution >= 4 is 11.6 Å². The second kappa shape index (κ2) is 6.29. The highest BCUT2D eigenvalue weighted by Crippen LogP contribution is 2.35. The lowest BCUT2D eigenvalue weighted by Gasteiger charge is -2.20. The molecule has 24 heavy (non-hydrogen) atoms. The zero-order chi connectivity index (χ0) is 17.3. The highest BCUT2D eigenvalue weighted by molar-refractivity contribution is 6.30. The van der Waals surface area contributed by atoms with Crippen molar-refractivity contribution in [1.29, 1.82) is 0 Å². The Kier molecular flexibility index (Phi) is 4.33. The van der Waals surface area contributed by atoms with Gasteiger partial charge in [0.25, 0.3) is 0 Å². The van der Waals surface area contributed by atoms with Crippen LogP contribution in [0.5, 0.6) is 5.75 Å². The zero-order valence-electron chi connectivity index (χ0n) is 14.0. The monoisotopic (exact) mass is 337 g/mol. The average Bonchev–Trinajstić information content (AvgIpc) is 2.56. The fourth-order valence-electron chi connectivity index (χ4n) is 2.56. The van der Waals surface area contributed by atoms with Crippen LogP contribution < -0.4 is 0 Å². The summed E-state index contributed by atoms with van der Waals surface area (Å²) in [6.07, 6.45) is 0. The van der Waals surface area contributed by atoms with Gasteiger partial charge in [-0.05, 0) is 41.5 Å². The van der Waals surface area contributed by atoms with Crippen molar-refractivity contribution in [1.82, 2.24) is 4.98 Å². The van der Waals surface area contributed by atoms with E-state index < -0.39 is 0 Å². The summed E-state index contributed by atoms with van der Waals surface area (Å²) >= 11 is 6.11. The summed E-state index contributed by atoms with van der Waals surface area (Å²) in [7, 11) is 0. The summed E-state index contributed by atoms with van der Waals surface area (Å²) in [6.45, 7) is 6.39. The molecule has 0 atom stereocenters. The number of rotatable bonds is 2. The number of halogens is 1. The molecule has 0 saturated carbocycles. The van der Waals surface area contributed by atoms with Gasteiger partial charge < -0.3 is 5.11 Å². The van der Waals surface area contributed by atoms with Crippen molar-refractivity contribution in [2.45, 2.75) is 26.2 Å². The number of aromatic nitrogens is 1. The minimum Gasteiger partial charge on any atom is -0.507 e. The number of phenols is 1. The Morgan fingerprint density at radius 3 is 2.25 bits per heavy atom. The molecule has 2 aromatic carbocycles. The number of benzene rings is 2. The highest BCUT2D eigenvalue weighted by atomic mass is 35.5. The number of pyridine rings is 1. The molecule has 122 valence electrons. The third kappa shape index (κ3) is 3.44. The van der Waals surface area contributed by atoms with Crippen molar-refractivity contribution in [2.24, 2.45) is 0 Å². The third-order valence-electron chi connectivity index (χ3n) is 3.94. The fourth-order valence-corrected chi connectivity index (χ4v) is 2.74. The van der Waals surface area contributed by atoms with Crippen LogP contribution >= 0.6 is 11.6 Å². The van der Waals surface area contributed by atoms with Gasteiger partial charge in [0.2, 0.25) is 0 Å². The highest BCUT2D eigenvalue weighted by Gasteiger charge is 2.19. The molecule has 1 heterocycles. The maximum absolute atomic E-state index is 10.2. The molecule has 0 aliphatic heterocycles. The summed E-state index contributed by atoms with van der Waals surface area (Å²) in [6, 6.07) is 19.3. The normalized spacial score (nSPS) is 11.5. The van der Waals surface area contributed by atoms with E-state index in [-0.39, 0.29) is 11.2 Å². The van der Waals surface area contributed by atoms with Gasteiger partial charge in [0.05, 0.1) is 5.69 Å². The van der Waals surface area contributed by atoms with E-state index in [1.165, 1.54) is 0 Å². The molecule has 0 saturated heterocycles. The zero-order valence-corrected chi connectivity index (χ0v) is 14.8. The van der Waals surface area contributed by atoms with Crippen LogP contribution in [0.4, 0.5) is 0 Å². The smallest absolute Gasteiger partial charge is 0.125 e. The largest absolute Gasteiger partial charge is 0.507 e. The Bertz CT molecular complexity index is 867. The van der Waals surface area contributed by atoms with Gasteiger partial charge in [0, 0.05) is 21.7 Å².